The van der Waals surface area contributed by atoms with Crippen molar-refractivity contribution in [3.63, 3.8) is 0 Å². The van der Waals surface area contributed by atoms with Crippen LogP contribution in [0.1, 0.15) is 20.8 Å². The zero-order valence-electron chi connectivity index (χ0n) is 8.02. The van der Waals surface area contributed by atoms with Crippen molar-refractivity contribution >= 4 is 0 Å². The molecule has 0 aliphatic heterocycles. The summed E-state index contributed by atoms with van der Waals surface area (Å²) in [5.74, 6) is 0.0607. The first kappa shape index (κ1) is 10.8. The molecule has 0 aromatic carbocycles. The number of rotatable bonds is 3. The van der Waals surface area contributed by atoms with Crippen LogP contribution in [0.5, 0.6) is 0 Å². The molecule has 0 saturated carbocycles. The van der Waals surface area contributed by atoms with Crippen LogP contribution >= 0.6 is 0 Å². The van der Waals surface area contributed by atoms with Crippen LogP contribution in [0.4, 0.5) is 0 Å². The molecule has 0 aromatic heterocycles. The second-order valence-corrected chi connectivity index (χ2v) is 2.93. The van der Waals surface area contributed by atoms with Gasteiger partial charge in [0.05, 0.1) is 0 Å². The molecule has 0 spiro atoms. The molecule has 1 N–H and O–H groups in total. The summed E-state index contributed by atoms with van der Waals surface area (Å²) >= 11 is 0. The molecule has 1 nitrogen and oxygen atoms in total. The molecule has 0 aliphatic carbocycles. The zero-order chi connectivity index (χ0) is 9.72. The third-order valence-electron chi connectivity index (χ3n) is 1.71. The molecular weight excluding hydrogens is 148 g/mol. The Morgan fingerprint density at radius 1 is 1.25 bits per heavy atom. The van der Waals surface area contributed by atoms with Crippen LogP contribution in [0.2, 0.25) is 0 Å². The number of allylic oxidation sites excluding steroid dienone is 4. The molecule has 0 rings (SSSR count). The van der Waals surface area contributed by atoms with Gasteiger partial charge in [0, 0.05) is 5.57 Å². The number of hydrogen-bond acceptors (Lipinski definition) is 1. The van der Waals surface area contributed by atoms with E-state index in [4.69, 9.17) is 5.11 Å². The zero-order valence-corrected chi connectivity index (χ0v) is 8.02. The van der Waals surface area contributed by atoms with Crippen molar-refractivity contribution in [2.45, 2.75) is 20.8 Å². The number of aliphatic hydroxyl groups is 1. The van der Waals surface area contributed by atoms with Gasteiger partial charge in [-0.2, -0.15) is 0 Å². The van der Waals surface area contributed by atoms with E-state index in [-0.39, 0.29) is 5.76 Å². The van der Waals surface area contributed by atoms with Gasteiger partial charge in [-0.05, 0) is 26.8 Å². The Labute approximate surface area is 74.4 Å². The summed E-state index contributed by atoms with van der Waals surface area (Å²) in [6.45, 7) is 13.0. The van der Waals surface area contributed by atoms with E-state index in [9.17, 15) is 0 Å². The van der Waals surface area contributed by atoms with Gasteiger partial charge in [0.25, 0.3) is 0 Å². The Kier molecular flexibility index (Phi) is 4.12. The molecular formula is C11H16O. The standard InChI is InChI=1S/C11H16O/c1-6-11(10(5)12)7-9(4)8(2)3/h6-7,12H,1,5H2,2-4H3/b11-7-. The Morgan fingerprint density at radius 2 is 1.75 bits per heavy atom. The monoisotopic (exact) mass is 164 g/mol. The van der Waals surface area contributed by atoms with Crippen molar-refractivity contribution in [1.82, 2.24) is 0 Å². The van der Waals surface area contributed by atoms with Crippen molar-refractivity contribution in [2.75, 3.05) is 0 Å². The van der Waals surface area contributed by atoms with Crippen LogP contribution in [-0.2, 0) is 0 Å². The maximum absolute atomic E-state index is 9.09. The lowest BCUT2D eigenvalue weighted by molar-refractivity contribution is 0.429. The molecule has 0 unspecified atom stereocenters. The normalized spacial score (nSPS) is 10.8. The SMILES string of the molecule is C=C/C(=C/C(C)=C(C)C)C(=C)O. The lowest BCUT2D eigenvalue weighted by atomic mass is 10.1. The molecule has 66 valence electrons. The quantitative estimate of drug-likeness (QED) is 0.499. The summed E-state index contributed by atoms with van der Waals surface area (Å²) in [6.07, 6.45) is 3.46. The number of aliphatic hydroxyl groups excluding tert-OH is 1. The highest BCUT2D eigenvalue weighted by Crippen LogP contribution is 2.12. The highest BCUT2D eigenvalue weighted by molar-refractivity contribution is 5.39. The molecule has 0 bridgehead atoms. The minimum absolute atomic E-state index is 0.0607. The summed E-state index contributed by atoms with van der Waals surface area (Å²) in [4.78, 5) is 0. The third-order valence-corrected chi connectivity index (χ3v) is 1.71. The molecule has 1 heteroatoms. The summed E-state index contributed by atoms with van der Waals surface area (Å²) < 4.78 is 0. The fourth-order valence-electron chi connectivity index (χ4n) is 0.638. The first-order chi connectivity index (χ1) is 5.49. The summed E-state index contributed by atoms with van der Waals surface area (Å²) in [5, 5.41) is 9.09. The highest BCUT2D eigenvalue weighted by atomic mass is 16.3. The van der Waals surface area contributed by atoms with Gasteiger partial charge in [-0.15, -0.1) is 0 Å². The van der Waals surface area contributed by atoms with E-state index in [1.807, 2.05) is 26.8 Å². The van der Waals surface area contributed by atoms with Crippen LogP contribution in [-0.4, -0.2) is 5.11 Å². The van der Waals surface area contributed by atoms with E-state index in [0.717, 1.165) is 5.57 Å². The molecule has 0 amide bonds. The van der Waals surface area contributed by atoms with Gasteiger partial charge in [0.2, 0.25) is 0 Å². The van der Waals surface area contributed by atoms with Crippen LogP contribution in [0, 0.1) is 0 Å². The molecule has 0 fully saturated rings. The van der Waals surface area contributed by atoms with Gasteiger partial charge in [0.15, 0.2) is 0 Å². The van der Waals surface area contributed by atoms with Gasteiger partial charge in [-0.1, -0.05) is 30.4 Å². The maximum atomic E-state index is 9.09. The predicted octanol–water partition coefficient (Wildman–Crippen LogP) is 3.53. The van der Waals surface area contributed by atoms with Crippen LogP contribution in [0.15, 0.2) is 47.8 Å². The van der Waals surface area contributed by atoms with Gasteiger partial charge in [-0.3, -0.25) is 0 Å². The molecule has 0 aliphatic rings. The van der Waals surface area contributed by atoms with E-state index >= 15 is 0 Å². The molecule has 0 atom stereocenters. The predicted molar refractivity (Wildman–Crippen MR) is 54.1 cm³/mol. The van der Waals surface area contributed by atoms with Crippen LogP contribution < -0.4 is 0 Å². The second-order valence-electron chi connectivity index (χ2n) is 2.93. The summed E-state index contributed by atoms with van der Waals surface area (Å²) in [6, 6.07) is 0. The van der Waals surface area contributed by atoms with Gasteiger partial charge >= 0.3 is 0 Å². The van der Waals surface area contributed by atoms with Gasteiger partial charge < -0.3 is 5.11 Å². The van der Waals surface area contributed by atoms with Gasteiger partial charge in [0.1, 0.15) is 5.76 Å². The van der Waals surface area contributed by atoms with E-state index < -0.39 is 0 Å². The molecule has 0 heterocycles. The second kappa shape index (κ2) is 4.60. The summed E-state index contributed by atoms with van der Waals surface area (Å²) in [5.41, 5.74) is 3.02. The van der Waals surface area contributed by atoms with Crippen molar-refractivity contribution < 1.29 is 5.11 Å². The van der Waals surface area contributed by atoms with E-state index in [1.54, 1.807) is 6.08 Å². The average molecular weight is 164 g/mol. The molecule has 12 heavy (non-hydrogen) atoms. The molecule has 0 saturated heterocycles. The van der Waals surface area contributed by atoms with E-state index in [2.05, 4.69) is 13.2 Å². The highest BCUT2D eigenvalue weighted by Gasteiger charge is 1.95. The Hall–Kier alpha value is -1.24. The molecule has 0 radical (unpaired) electrons. The van der Waals surface area contributed by atoms with Crippen molar-refractivity contribution in [2.24, 2.45) is 0 Å². The Balaban J connectivity index is 4.86. The van der Waals surface area contributed by atoms with Crippen molar-refractivity contribution in [3.05, 3.63) is 47.8 Å². The first-order valence-electron chi connectivity index (χ1n) is 3.85. The summed E-state index contributed by atoms with van der Waals surface area (Å²) in [7, 11) is 0. The molecule has 0 aromatic rings. The largest absolute Gasteiger partial charge is 0.508 e. The smallest absolute Gasteiger partial charge is 0.115 e. The van der Waals surface area contributed by atoms with Crippen molar-refractivity contribution in [3.8, 4) is 0 Å². The minimum atomic E-state index is 0.0607. The van der Waals surface area contributed by atoms with Crippen LogP contribution in [0.25, 0.3) is 0 Å². The Bertz CT molecular complexity index is 250. The van der Waals surface area contributed by atoms with E-state index in [0.29, 0.717) is 5.57 Å². The van der Waals surface area contributed by atoms with Gasteiger partial charge in [-0.25, -0.2) is 0 Å². The lowest BCUT2D eigenvalue weighted by Gasteiger charge is -2.00. The maximum Gasteiger partial charge on any atom is 0.115 e. The fraction of sp³-hybridized carbons (Fsp3) is 0.273. The minimum Gasteiger partial charge on any atom is -0.508 e. The Morgan fingerprint density at radius 3 is 2.00 bits per heavy atom. The van der Waals surface area contributed by atoms with Crippen molar-refractivity contribution in [1.29, 1.82) is 0 Å². The third kappa shape index (κ3) is 3.24. The topological polar surface area (TPSA) is 20.2 Å². The van der Waals surface area contributed by atoms with E-state index in [1.165, 1.54) is 5.57 Å². The van der Waals surface area contributed by atoms with Crippen LogP contribution in [0.3, 0.4) is 0 Å². The average Bonchev–Trinajstić information content (AvgIpc) is 1.98. The fourth-order valence-corrected chi connectivity index (χ4v) is 0.638. The number of hydrogen-bond donors (Lipinski definition) is 1. The first-order valence-corrected chi connectivity index (χ1v) is 3.85. The lowest BCUT2D eigenvalue weighted by Crippen LogP contribution is -1.84.